The maximum atomic E-state index is 12.0. The highest BCUT2D eigenvalue weighted by molar-refractivity contribution is 7.09. The number of hydrogen-bond donors (Lipinski definition) is 1. The van der Waals surface area contributed by atoms with Crippen LogP contribution in [0, 0.1) is 6.92 Å². The molecule has 1 heterocycles. The van der Waals surface area contributed by atoms with Crippen LogP contribution in [-0.2, 0) is 14.3 Å². The van der Waals surface area contributed by atoms with E-state index < -0.39 is 12.0 Å². The number of amides is 1. The maximum absolute atomic E-state index is 12.0. The molecule has 2 rings (SSSR count). The largest absolute Gasteiger partial charge is 0.467 e. The van der Waals surface area contributed by atoms with Gasteiger partial charge in [0.25, 0.3) is 0 Å². The van der Waals surface area contributed by atoms with Gasteiger partial charge < -0.3 is 10.1 Å². The summed E-state index contributed by atoms with van der Waals surface area (Å²) in [6.07, 6.45) is 2.96. The van der Waals surface area contributed by atoms with Gasteiger partial charge in [-0.15, -0.1) is 11.3 Å². The Morgan fingerprint density at radius 3 is 2.64 bits per heavy atom. The number of carbonyl (C=O) groups is 2. The molecule has 5 nitrogen and oxygen atoms in total. The molecular weight excluding hydrogens is 300 g/mol. The van der Waals surface area contributed by atoms with Crippen molar-refractivity contribution in [2.24, 2.45) is 0 Å². The van der Waals surface area contributed by atoms with Crippen molar-refractivity contribution in [2.75, 3.05) is 7.11 Å². The van der Waals surface area contributed by atoms with E-state index in [0.29, 0.717) is 11.3 Å². The van der Waals surface area contributed by atoms with Gasteiger partial charge in [0.05, 0.1) is 17.8 Å². The molecule has 0 bridgehead atoms. The van der Waals surface area contributed by atoms with Crippen LogP contribution in [0.5, 0.6) is 0 Å². The molecule has 2 aromatic rings. The molecule has 114 valence electrons. The van der Waals surface area contributed by atoms with Crippen LogP contribution >= 0.6 is 11.3 Å². The van der Waals surface area contributed by atoms with E-state index in [1.807, 2.05) is 18.4 Å². The first kappa shape index (κ1) is 15.9. The number of carbonyl (C=O) groups excluding carboxylic acids is 2. The Kier molecular flexibility index (Phi) is 5.43. The van der Waals surface area contributed by atoms with E-state index in [9.17, 15) is 9.59 Å². The first-order chi connectivity index (χ1) is 10.6. The molecule has 0 aliphatic heterocycles. The van der Waals surface area contributed by atoms with Crippen LogP contribution < -0.4 is 5.32 Å². The van der Waals surface area contributed by atoms with Gasteiger partial charge in [0.1, 0.15) is 0 Å². The van der Waals surface area contributed by atoms with Gasteiger partial charge in [-0.05, 0) is 18.6 Å². The minimum Gasteiger partial charge on any atom is -0.467 e. The quantitative estimate of drug-likeness (QED) is 0.680. The van der Waals surface area contributed by atoms with E-state index in [-0.39, 0.29) is 5.91 Å². The van der Waals surface area contributed by atoms with Crippen molar-refractivity contribution in [1.82, 2.24) is 10.3 Å². The lowest BCUT2D eigenvalue weighted by Crippen LogP contribution is -2.33. The molecule has 0 saturated heterocycles. The second-order valence-corrected chi connectivity index (χ2v) is 5.56. The SMILES string of the molecule is COC(=O)C(NC(=O)C=Cc1csc(C)n1)c1ccccc1. The number of hydrogen-bond acceptors (Lipinski definition) is 5. The summed E-state index contributed by atoms with van der Waals surface area (Å²) in [4.78, 5) is 28.1. The Hall–Kier alpha value is -2.47. The van der Waals surface area contributed by atoms with Gasteiger partial charge in [-0.3, -0.25) is 4.79 Å². The average molecular weight is 316 g/mol. The summed E-state index contributed by atoms with van der Waals surface area (Å²) >= 11 is 1.51. The summed E-state index contributed by atoms with van der Waals surface area (Å²) in [6.45, 7) is 1.89. The van der Waals surface area contributed by atoms with E-state index in [4.69, 9.17) is 4.74 Å². The molecule has 0 spiro atoms. The van der Waals surface area contributed by atoms with Gasteiger partial charge in [-0.25, -0.2) is 9.78 Å². The van der Waals surface area contributed by atoms with E-state index in [2.05, 4.69) is 10.3 Å². The molecule has 1 N–H and O–H groups in total. The predicted octanol–water partition coefficient (Wildman–Crippen LogP) is 2.50. The zero-order chi connectivity index (χ0) is 15.9. The molecule has 1 unspecified atom stereocenters. The smallest absolute Gasteiger partial charge is 0.333 e. The van der Waals surface area contributed by atoms with Gasteiger partial charge in [-0.1, -0.05) is 30.3 Å². The molecule has 0 fully saturated rings. The van der Waals surface area contributed by atoms with E-state index in [1.54, 1.807) is 30.3 Å². The number of benzene rings is 1. The summed E-state index contributed by atoms with van der Waals surface area (Å²) in [5.74, 6) is -0.901. The van der Waals surface area contributed by atoms with Gasteiger partial charge in [-0.2, -0.15) is 0 Å². The zero-order valence-electron chi connectivity index (χ0n) is 12.3. The Bertz CT molecular complexity index is 680. The maximum Gasteiger partial charge on any atom is 0.333 e. The highest BCUT2D eigenvalue weighted by Gasteiger charge is 2.22. The summed E-state index contributed by atoms with van der Waals surface area (Å²) < 4.78 is 4.75. The molecule has 22 heavy (non-hydrogen) atoms. The van der Waals surface area contributed by atoms with E-state index in [0.717, 1.165) is 5.01 Å². The van der Waals surface area contributed by atoms with Crippen LogP contribution in [0.2, 0.25) is 0 Å². The second kappa shape index (κ2) is 7.51. The van der Waals surface area contributed by atoms with Gasteiger partial charge in [0.15, 0.2) is 6.04 Å². The highest BCUT2D eigenvalue weighted by atomic mass is 32.1. The molecule has 0 aliphatic rings. The van der Waals surface area contributed by atoms with Crippen LogP contribution in [0.3, 0.4) is 0 Å². The molecule has 1 aromatic carbocycles. The van der Waals surface area contributed by atoms with Crippen molar-refractivity contribution in [2.45, 2.75) is 13.0 Å². The number of nitrogens with zero attached hydrogens (tertiary/aromatic N) is 1. The fourth-order valence-electron chi connectivity index (χ4n) is 1.85. The van der Waals surface area contributed by atoms with Gasteiger partial charge in [0, 0.05) is 11.5 Å². The van der Waals surface area contributed by atoms with Crippen LogP contribution in [0.25, 0.3) is 6.08 Å². The number of methoxy groups -OCH3 is 1. The van der Waals surface area contributed by atoms with Crippen molar-refractivity contribution >= 4 is 29.3 Å². The standard InChI is InChI=1S/C16H16N2O3S/c1-11-17-13(10-22-11)8-9-14(19)18-15(16(20)21-2)12-6-4-3-5-7-12/h3-10,15H,1-2H3,(H,18,19). The minimum absolute atomic E-state index is 0.384. The van der Waals surface area contributed by atoms with Gasteiger partial charge >= 0.3 is 5.97 Å². The van der Waals surface area contributed by atoms with Crippen LogP contribution in [0.4, 0.5) is 0 Å². The Labute approximate surface area is 132 Å². The molecule has 0 radical (unpaired) electrons. The van der Waals surface area contributed by atoms with Crippen LogP contribution in [0.15, 0.2) is 41.8 Å². The zero-order valence-corrected chi connectivity index (χ0v) is 13.1. The average Bonchev–Trinajstić information content (AvgIpc) is 2.96. The fourth-order valence-corrected chi connectivity index (χ4v) is 2.43. The molecule has 0 saturated carbocycles. The molecule has 1 aromatic heterocycles. The number of ether oxygens (including phenoxy) is 1. The van der Waals surface area contributed by atoms with Crippen molar-refractivity contribution in [3.05, 3.63) is 58.1 Å². The molecule has 0 aliphatic carbocycles. The third-order valence-corrected chi connectivity index (χ3v) is 3.69. The number of aromatic nitrogens is 1. The summed E-state index contributed by atoms with van der Waals surface area (Å²) in [7, 11) is 1.29. The molecule has 1 amide bonds. The molecule has 1 atom stereocenters. The van der Waals surface area contributed by atoms with Crippen LogP contribution in [-0.4, -0.2) is 24.0 Å². The summed E-state index contributed by atoms with van der Waals surface area (Å²) in [5.41, 5.74) is 1.38. The third kappa shape index (κ3) is 4.26. The lowest BCUT2D eigenvalue weighted by molar-refractivity contribution is -0.144. The molecule has 6 heteroatoms. The van der Waals surface area contributed by atoms with E-state index in [1.165, 1.54) is 24.5 Å². The normalized spacial score (nSPS) is 12.1. The first-order valence-corrected chi connectivity index (χ1v) is 7.51. The number of thiazole rings is 1. The minimum atomic E-state index is -0.833. The fraction of sp³-hybridized carbons (Fsp3) is 0.188. The van der Waals surface area contributed by atoms with Crippen molar-refractivity contribution < 1.29 is 14.3 Å². The lowest BCUT2D eigenvalue weighted by atomic mass is 10.1. The number of rotatable bonds is 5. The predicted molar refractivity (Wildman–Crippen MR) is 85.2 cm³/mol. The highest BCUT2D eigenvalue weighted by Crippen LogP contribution is 2.14. The summed E-state index contributed by atoms with van der Waals surface area (Å²) in [6, 6.07) is 8.12. The van der Waals surface area contributed by atoms with Crippen molar-refractivity contribution in [3.8, 4) is 0 Å². The van der Waals surface area contributed by atoms with E-state index >= 15 is 0 Å². The third-order valence-electron chi connectivity index (χ3n) is 2.90. The summed E-state index contributed by atoms with van der Waals surface area (Å²) in [5, 5.41) is 5.42. The van der Waals surface area contributed by atoms with Gasteiger partial charge in [0.2, 0.25) is 5.91 Å². The monoisotopic (exact) mass is 316 g/mol. The number of nitrogens with one attached hydrogen (secondary N) is 1. The number of esters is 1. The first-order valence-electron chi connectivity index (χ1n) is 6.63. The van der Waals surface area contributed by atoms with Crippen molar-refractivity contribution in [3.63, 3.8) is 0 Å². The Balaban J connectivity index is 2.08. The van der Waals surface area contributed by atoms with Crippen LogP contribution in [0.1, 0.15) is 22.3 Å². The Morgan fingerprint density at radius 2 is 2.05 bits per heavy atom. The Morgan fingerprint density at radius 1 is 1.32 bits per heavy atom. The lowest BCUT2D eigenvalue weighted by Gasteiger charge is -2.15. The van der Waals surface area contributed by atoms with Crippen molar-refractivity contribution in [1.29, 1.82) is 0 Å². The number of aryl methyl sites for hydroxylation is 1. The second-order valence-electron chi connectivity index (χ2n) is 4.50. The topological polar surface area (TPSA) is 68.3 Å². The molecular formula is C16H16N2O3S.